The molecule has 0 aliphatic heterocycles. The van der Waals surface area contributed by atoms with Crippen molar-refractivity contribution in [1.82, 2.24) is 0 Å². The molecule has 1 heteroatoms. The first-order chi connectivity index (χ1) is 9.41. The van der Waals surface area contributed by atoms with Crippen LogP contribution in [0.25, 0.3) is 0 Å². The average molecular weight is 273 g/mol. The van der Waals surface area contributed by atoms with Crippen LogP contribution in [0.5, 0.6) is 0 Å². The van der Waals surface area contributed by atoms with Gasteiger partial charge in [-0.2, -0.15) is 0 Å². The normalized spacial score (nSPS) is 27.6. The zero-order valence-electron chi connectivity index (χ0n) is 13.7. The monoisotopic (exact) mass is 273 g/mol. The highest BCUT2D eigenvalue weighted by Gasteiger charge is 2.35. The lowest BCUT2D eigenvalue weighted by Gasteiger charge is -2.42. The molecule has 0 bridgehead atoms. The molecule has 3 atom stereocenters. The molecule has 0 spiro atoms. The van der Waals surface area contributed by atoms with E-state index >= 15 is 0 Å². The molecule has 2 rings (SSSR count). The Balaban J connectivity index is 2.12. The summed E-state index contributed by atoms with van der Waals surface area (Å²) >= 11 is 0. The van der Waals surface area contributed by atoms with E-state index < -0.39 is 0 Å². The molecule has 1 aromatic rings. The number of rotatable bonds is 3. The number of nitrogens with two attached hydrogens (primary N) is 1. The Labute approximate surface area is 125 Å². The number of benzene rings is 1. The van der Waals surface area contributed by atoms with Crippen molar-refractivity contribution in [2.45, 2.75) is 53.4 Å². The number of hydrogen-bond donors (Lipinski definition) is 1. The maximum atomic E-state index is 6.04. The minimum Gasteiger partial charge on any atom is -0.330 e. The molecule has 1 nitrogen and oxygen atoms in total. The Morgan fingerprint density at radius 3 is 2.40 bits per heavy atom. The summed E-state index contributed by atoms with van der Waals surface area (Å²) in [5.74, 6) is 2.33. The van der Waals surface area contributed by atoms with E-state index in [1.807, 2.05) is 0 Å². The van der Waals surface area contributed by atoms with Gasteiger partial charge in [0.05, 0.1) is 0 Å². The summed E-state index contributed by atoms with van der Waals surface area (Å²) in [7, 11) is 0. The van der Waals surface area contributed by atoms with Crippen LogP contribution in [0.2, 0.25) is 0 Å². The second-order valence-corrected chi connectivity index (χ2v) is 7.76. The van der Waals surface area contributed by atoms with E-state index in [4.69, 9.17) is 5.73 Å². The van der Waals surface area contributed by atoms with E-state index in [0.29, 0.717) is 11.3 Å². The van der Waals surface area contributed by atoms with Crippen LogP contribution < -0.4 is 5.73 Å². The molecular formula is C19H31N. The lowest BCUT2D eigenvalue weighted by molar-refractivity contribution is 0.101. The Morgan fingerprint density at radius 2 is 1.80 bits per heavy atom. The standard InChI is InChI=1S/C19H31N/c1-14-7-5-6-8-15(14)11-17-12-18(19(2,3)4)10-9-16(17)13-20/h5-8,16-18H,9-13,20H2,1-4H3. The zero-order valence-corrected chi connectivity index (χ0v) is 13.7. The van der Waals surface area contributed by atoms with Crippen LogP contribution in [-0.2, 0) is 6.42 Å². The minimum atomic E-state index is 0.434. The van der Waals surface area contributed by atoms with Gasteiger partial charge < -0.3 is 5.73 Å². The third kappa shape index (κ3) is 3.63. The first-order valence-corrected chi connectivity index (χ1v) is 8.16. The third-order valence-electron chi connectivity index (χ3n) is 5.41. The van der Waals surface area contributed by atoms with E-state index in [9.17, 15) is 0 Å². The van der Waals surface area contributed by atoms with E-state index in [2.05, 4.69) is 52.0 Å². The molecule has 0 aromatic heterocycles. The Morgan fingerprint density at radius 1 is 1.10 bits per heavy atom. The van der Waals surface area contributed by atoms with E-state index in [0.717, 1.165) is 18.4 Å². The van der Waals surface area contributed by atoms with Gasteiger partial charge in [-0.05, 0) is 73.4 Å². The molecule has 1 saturated carbocycles. The van der Waals surface area contributed by atoms with Crippen molar-refractivity contribution in [3.05, 3.63) is 35.4 Å². The van der Waals surface area contributed by atoms with E-state index in [1.54, 1.807) is 0 Å². The Hall–Kier alpha value is -0.820. The van der Waals surface area contributed by atoms with Gasteiger partial charge in [-0.1, -0.05) is 45.0 Å². The summed E-state index contributed by atoms with van der Waals surface area (Å²) in [6.07, 6.45) is 5.23. The summed E-state index contributed by atoms with van der Waals surface area (Å²) in [6, 6.07) is 8.84. The quantitative estimate of drug-likeness (QED) is 0.857. The SMILES string of the molecule is Cc1ccccc1CC1CC(C(C)(C)C)CCC1CN. The first kappa shape index (κ1) is 15.6. The highest BCUT2D eigenvalue weighted by atomic mass is 14.6. The molecule has 0 radical (unpaired) electrons. The first-order valence-electron chi connectivity index (χ1n) is 8.16. The Kier molecular flexibility index (Phi) is 4.90. The molecule has 0 amide bonds. The second-order valence-electron chi connectivity index (χ2n) is 7.76. The second kappa shape index (κ2) is 6.30. The lowest BCUT2D eigenvalue weighted by Crippen LogP contribution is -2.36. The summed E-state index contributed by atoms with van der Waals surface area (Å²) in [4.78, 5) is 0. The highest BCUT2D eigenvalue weighted by Crippen LogP contribution is 2.43. The van der Waals surface area contributed by atoms with Gasteiger partial charge in [0.2, 0.25) is 0 Å². The van der Waals surface area contributed by atoms with Crippen molar-refractivity contribution in [2.75, 3.05) is 6.54 Å². The summed E-state index contributed by atoms with van der Waals surface area (Å²) in [5.41, 5.74) is 9.42. The smallest absolute Gasteiger partial charge is 0.00461 e. The van der Waals surface area contributed by atoms with Crippen molar-refractivity contribution in [3.63, 3.8) is 0 Å². The summed E-state index contributed by atoms with van der Waals surface area (Å²) < 4.78 is 0. The molecule has 1 aromatic carbocycles. The van der Waals surface area contributed by atoms with Gasteiger partial charge in [0, 0.05) is 0 Å². The number of hydrogen-bond acceptors (Lipinski definition) is 1. The predicted octanol–water partition coefficient (Wildman–Crippen LogP) is 4.57. The maximum Gasteiger partial charge on any atom is -0.00461 e. The average Bonchev–Trinajstić information content (AvgIpc) is 2.40. The summed E-state index contributed by atoms with van der Waals surface area (Å²) in [5, 5.41) is 0. The zero-order chi connectivity index (χ0) is 14.8. The predicted molar refractivity (Wildman–Crippen MR) is 87.7 cm³/mol. The molecule has 20 heavy (non-hydrogen) atoms. The molecule has 2 N–H and O–H groups in total. The van der Waals surface area contributed by atoms with Crippen molar-refractivity contribution in [1.29, 1.82) is 0 Å². The van der Waals surface area contributed by atoms with Gasteiger partial charge in [-0.3, -0.25) is 0 Å². The van der Waals surface area contributed by atoms with Crippen LogP contribution >= 0.6 is 0 Å². The van der Waals surface area contributed by atoms with Gasteiger partial charge >= 0.3 is 0 Å². The van der Waals surface area contributed by atoms with E-state index in [1.165, 1.54) is 36.8 Å². The van der Waals surface area contributed by atoms with Crippen molar-refractivity contribution in [2.24, 2.45) is 28.9 Å². The molecule has 112 valence electrons. The van der Waals surface area contributed by atoms with Crippen LogP contribution in [0.3, 0.4) is 0 Å². The molecule has 1 fully saturated rings. The van der Waals surface area contributed by atoms with Gasteiger partial charge in [-0.25, -0.2) is 0 Å². The van der Waals surface area contributed by atoms with Crippen LogP contribution in [-0.4, -0.2) is 6.54 Å². The van der Waals surface area contributed by atoms with Crippen molar-refractivity contribution in [3.8, 4) is 0 Å². The maximum absolute atomic E-state index is 6.04. The molecular weight excluding hydrogens is 242 g/mol. The fourth-order valence-electron chi connectivity index (χ4n) is 3.80. The van der Waals surface area contributed by atoms with E-state index in [-0.39, 0.29) is 0 Å². The van der Waals surface area contributed by atoms with Gasteiger partial charge in [0.1, 0.15) is 0 Å². The van der Waals surface area contributed by atoms with Gasteiger partial charge in [-0.15, -0.1) is 0 Å². The fraction of sp³-hybridized carbons (Fsp3) is 0.684. The van der Waals surface area contributed by atoms with Crippen LogP contribution in [0.4, 0.5) is 0 Å². The van der Waals surface area contributed by atoms with Gasteiger partial charge in [0.25, 0.3) is 0 Å². The highest BCUT2D eigenvalue weighted by molar-refractivity contribution is 5.26. The topological polar surface area (TPSA) is 26.0 Å². The number of aryl methyl sites for hydroxylation is 1. The Bertz CT molecular complexity index is 430. The van der Waals surface area contributed by atoms with Crippen molar-refractivity contribution < 1.29 is 0 Å². The molecule has 3 unspecified atom stereocenters. The molecule has 1 aliphatic carbocycles. The fourth-order valence-corrected chi connectivity index (χ4v) is 3.80. The lowest BCUT2D eigenvalue weighted by atomic mass is 9.64. The van der Waals surface area contributed by atoms with Crippen LogP contribution in [0.15, 0.2) is 24.3 Å². The summed E-state index contributed by atoms with van der Waals surface area (Å²) in [6.45, 7) is 10.3. The molecule has 1 aliphatic rings. The van der Waals surface area contributed by atoms with Gasteiger partial charge in [0.15, 0.2) is 0 Å². The molecule has 0 saturated heterocycles. The van der Waals surface area contributed by atoms with Crippen LogP contribution in [0, 0.1) is 30.1 Å². The van der Waals surface area contributed by atoms with Crippen LogP contribution in [0.1, 0.15) is 51.2 Å². The largest absolute Gasteiger partial charge is 0.330 e. The van der Waals surface area contributed by atoms with Crippen molar-refractivity contribution >= 4 is 0 Å². The minimum absolute atomic E-state index is 0.434. The third-order valence-corrected chi connectivity index (χ3v) is 5.41. The molecule has 0 heterocycles.